The Morgan fingerprint density at radius 2 is 2.00 bits per heavy atom. The summed E-state index contributed by atoms with van der Waals surface area (Å²) >= 11 is 5.39. The van der Waals surface area contributed by atoms with E-state index in [1.54, 1.807) is 0 Å². The van der Waals surface area contributed by atoms with E-state index in [0.717, 1.165) is 0 Å². The highest BCUT2D eigenvalue weighted by molar-refractivity contribution is 6.18. The molecule has 0 aromatic rings. The Kier molecular flexibility index (Phi) is 6.86. The van der Waals surface area contributed by atoms with Crippen LogP contribution in [0.15, 0.2) is 0 Å². The van der Waals surface area contributed by atoms with Crippen LogP contribution in [0, 0.1) is 5.92 Å². The third-order valence-corrected chi connectivity index (χ3v) is 1.92. The van der Waals surface area contributed by atoms with Gasteiger partial charge in [-0.2, -0.15) is 0 Å². The number of carbonyl (C=O) groups excluding carboxylic acids is 2. The van der Waals surface area contributed by atoms with E-state index in [1.807, 2.05) is 13.8 Å². The normalized spacial score (nSPS) is 12.3. The molecule has 0 radical (unpaired) electrons. The highest BCUT2D eigenvalue weighted by Gasteiger charge is 2.18. The molecule has 6 heteroatoms. The van der Waals surface area contributed by atoms with E-state index >= 15 is 0 Å². The number of amides is 3. The van der Waals surface area contributed by atoms with Gasteiger partial charge in [-0.25, -0.2) is 4.79 Å². The van der Waals surface area contributed by atoms with Gasteiger partial charge < -0.3 is 16.4 Å². The van der Waals surface area contributed by atoms with E-state index < -0.39 is 18.0 Å². The van der Waals surface area contributed by atoms with Gasteiger partial charge in [-0.1, -0.05) is 13.8 Å². The molecule has 0 aromatic heterocycles. The molecule has 0 aromatic carbocycles. The molecule has 4 N–H and O–H groups in total. The lowest BCUT2D eigenvalue weighted by molar-refractivity contribution is -0.120. The van der Waals surface area contributed by atoms with Gasteiger partial charge in [0.2, 0.25) is 5.91 Å². The highest BCUT2D eigenvalue weighted by Crippen LogP contribution is 2.03. The first-order chi connectivity index (χ1) is 6.97. The summed E-state index contributed by atoms with van der Waals surface area (Å²) in [6.07, 6.45) is 0.531. The Balaban J connectivity index is 4.05. The number of rotatable bonds is 6. The minimum atomic E-state index is -0.625. The van der Waals surface area contributed by atoms with E-state index in [4.69, 9.17) is 17.3 Å². The van der Waals surface area contributed by atoms with E-state index in [2.05, 4.69) is 10.6 Å². The van der Waals surface area contributed by atoms with Gasteiger partial charge in [0.1, 0.15) is 6.04 Å². The smallest absolute Gasteiger partial charge is 0.315 e. The fourth-order valence-corrected chi connectivity index (χ4v) is 1.18. The lowest BCUT2D eigenvalue weighted by Gasteiger charge is -2.17. The summed E-state index contributed by atoms with van der Waals surface area (Å²) < 4.78 is 0. The molecule has 0 saturated carbocycles. The average molecular weight is 236 g/mol. The van der Waals surface area contributed by atoms with Gasteiger partial charge in [-0.15, -0.1) is 11.6 Å². The van der Waals surface area contributed by atoms with Crippen LogP contribution in [-0.2, 0) is 4.79 Å². The number of urea groups is 1. The summed E-state index contributed by atoms with van der Waals surface area (Å²) in [4.78, 5) is 22.2. The van der Waals surface area contributed by atoms with Crippen LogP contribution in [0.25, 0.3) is 0 Å². The van der Waals surface area contributed by atoms with Crippen LogP contribution in [0.4, 0.5) is 4.79 Å². The Labute approximate surface area is 94.7 Å². The number of primary amides is 1. The number of carbonyl (C=O) groups is 2. The van der Waals surface area contributed by atoms with Crippen LogP contribution in [0.5, 0.6) is 0 Å². The van der Waals surface area contributed by atoms with Gasteiger partial charge in [0.15, 0.2) is 0 Å². The number of hydrogen-bond acceptors (Lipinski definition) is 2. The SMILES string of the molecule is CC(C)CC(NC(=O)NCCCl)C(N)=O. The van der Waals surface area contributed by atoms with Gasteiger partial charge in [0.05, 0.1) is 0 Å². The topological polar surface area (TPSA) is 84.2 Å². The summed E-state index contributed by atoms with van der Waals surface area (Å²) in [5, 5.41) is 5.00. The van der Waals surface area contributed by atoms with E-state index in [0.29, 0.717) is 18.8 Å². The van der Waals surface area contributed by atoms with E-state index in [9.17, 15) is 9.59 Å². The summed E-state index contributed by atoms with van der Waals surface area (Å²) in [6.45, 7) is 4.27. The van der Waals surface area contributed by atoms with Crippen LogP contribution in [0.1, 0.15) is 20.3 Å². The van der Waals surface area contributed by atoms with Crippen molar-refractivity contribution >= 4 is 23.5 Å². The van der Waals surface area contributed by atoms with Crippen molar-refractivity contribution < 1.29 is 9.59 Å². The third kappa shape index (κ3) is 7.02. The standard InChI is InChI=1S/C9H18ClN3O2/c1-6(2)5-7(8(11)14)13-9(15)12-4-3-10/h6-7H,3-5H2,1-2H3,(H2,11,14)(H2,12,13,15). The number of hydrogen-bond donors (Lipinski definition) is 3. The van der Waals surface area contributed by atoms with Crippen molar-refractivity contribution in [3.8, 4) is 0 Å². The first-order valence-corrected chi connectivity index (χ1v) is 5.40. The molecule has 1 atom stereocenters. The van der Waals surface area contributed by atoms with Crippen molar-refractivity contribution in [2.75, 3.05) is 12.4 Å². The Morgan fingerprint density at radius 3 is 2.40 bits per heavy atom. The first kappa shape index (κ1) is 14.0. The van der Waals surface area contributed by atoms with Crippen LogP contribution >= 0.6 is 11.6 Å². The summed E-state index contributed by atoms with van der Waals surface area (Å²) in [5.74, 6) is 0.0966. The van der Waals surface area contributed by atoms with Crippen molar-refractivity contribution in [2.45, 2.75) is 26.3 Å². The monoisotopic (exact) mass is 235 g/mol. The predicted molar refractivity (Wildman–Crippen MR) is 59.7 cm³/mol. The molecule has 0 spiro atoms. The molecule has 3 amide bonds. The maximum absolute atomic E-state index is 11.2. The fourth-order valence-electron chi connectivity index (χ4n) is 1.09. The summed E-state index contributed by atoms with van der Waals surface area (Å²) in [7, 11) is 0. The zero-order valence-electron chi connectivity index (χ0n) is 9.05. The Bertz CT molecular complexity index is 221. The molecular weight excluding hydrogens is 218 g/mol. The van der Waals surface area contributed by atoms with Gasteiger partial charge in [-0.05, 0) is 12.3 Å². The maximum atomic E-state index is 11.2. The Hall–Kier alpha value is -0.970. The maximum Gasteiger partial charge on any atom is 0.315 e. The molecule has 0 aliphatic heterocycles. The van der Waals surface area contributed by atoms with Gasteiger partial charge in [0, 0.05) is 12.4 Å². The summed E-state index contributed by atoms with van der Waals surface area (Å²) in [6, 6.07) is -1.04. The molecule has 1 unspecified atom stereocenters. The molecule has 0 fully saturated rings. The van der Waals surface area contributed by atoms with Gasteiger partial charge in [-0.3, -0.25) is 4.79 Å². The van der Waals surface area contributed by atoms with Crippen molar-refractivity contribution in [2.24, 2.45) is 11.7 Å². The Morgan fingerprint density at radius 1 is 1.40 bits per heavy atom. The molecule has 0 bridgehead atoms. The van der Waals surface area contributed by atoms with Crippen LogP contribution in [0.3, 0.4) is 0 Å². The molecule has 15 heavy (non-hydrogen) atoms. The largest absolute Gasteiger partial charge is 0.368 e. The number of halogens is 1. The van der Waals surface area contributed by atoms with E-state index in [1.165, 1.54) is 0 Å². The zero-order chi connectivity index (χ0) is 11.8. The second-order valence-corrected chi connectivity index (χ2v) is 4.05. The first-order valence-electron chi connectivity index (χ1n) is 4.87. The molecular formula is C9H18ClN3O2. The number of alkyl halides is 1. The van der Waals surface area contributed by atoms with Crippen molar-refractivity contribution in [3.05, 3.63) is 0 Å². The second kappa shape index (κ2) is 7.34. The molecule has 0 rings (SSSR count). The molecule has 0 aliphatic carbocycles. The third-order valence-electron chi connectivity index (χ3n) is 1.74. The van der Waals surface area contributed by atoms with E-state index in [-0.39, 0.29) is 5.92 Å². The molecule has 0 aliphatic rings. The van der Waals surface area contributed by atoms with Crippen molar-refractivity contribution in [3.63, 3.8) is 0 Å². The van der Waals surface area contributed by atoms with Gasteiger partial charge in [0.25, 0.3) is 0 Å². The minimum Gasteiger partial charge on any atom is -0.368 e. The molecule has 0 heterocycles. The average Bonchev–Trinajstić information content (AvgIpc) is 2.12. The van der Waals surface area contributed by atoms with Crippen LogP contribution in [0.2, 0.25) is 0 Å². The zero-order valence-corrected chi connectivity index (χ0v) is 9.80. The summed E-state index contributed by atoms with van der Waals surface area (Å²) in [5.41, 5.74) is 5.15. The fraction of sp³-hybridized carbons (Fsp3) is 0.778. The second-order valence-electron chi connectivity index (χ2n) is 3.67. The highest BCUT2D eigenvalue weighted by atomic mass is 35.5. The number of nitrogens with two attached hydrogens (primary N) is 1. The number of nitrogens with one attached hydrogen (secondary N) is 2. The quantitative estimate of drug-likeness (QED) is 0.583. The lowest BCUT2D eigenvalue weighted by Crippen LogP contribution is -2.49. The predicted octanol–water partition coefficient (Wildman–Crippen LogP) is 0.424. The minimum absolute atomic E-state index is 0.288. The van der Waals surface area contributed by atoms with Crippen molar-refractivity contribution in [1.29, 1.82) is 0 Å². The van der Waals surface area contributed by atoms with Crippen LogP contribution < -0.4 is 16.4 Å². The molecule has 88 valence electrons. The molecule has 5 nitrogen and oxygen atoms in total. The van der Waals surface area contributed by atoms with Crippen LogP contribution in [-0.4, -0.2) is 30.4 Å². The van der Waals surface area contributed by atoms with Crippen molar-refractivity contribution in [1.82, 2.24) is 10.6 Å². The van der Waals surface area contributed by atoms with Gasteiger partial charge >= 0.3 is 6.03 Å². The molecule has 0 saturated heterocycles. The lowest BCUT2D eigenvalue weighted by atomic mass is 10.0.